The van der Waals surface area contributed by atoms with Gasteiger partial charge in [0, 0.05) is 17.5 Å². The molecule has 0 amide bonds. The topological polar surface area (TPSA) is 44.8 Å². The Labute approximate surface area is 160 Å². The van der Waals surface area contributed by atoms with Gasteiger partial charge in [0.25, 0.3) is 0 Å². The zero-order valence-electron chi connectivity index (χ0n) is 15.2. The molecular formula is C21H19F3O4. The van der Waals surface area contributed by atoms with Gasteiger partial charge in [0.05, 0.1) is 25.7 Å². The van der Waals surface area contributed by atoms with Crippen molar-refractivity contribution in [2.24, 2.45) is 0 Å². The number of fused-ring (bicyclic) bond motifs is 2. The minimum atomic E-state index is -4.36. The molecule has 2 atom stereocenters. The SMILES string of the molecule is COC(=O)CC1COc2cc(OC3CCc4c3cccc4C(F)(F)F)ccc21. The predicted octanol–water partition coefficient (Wildman–Crippen LogP) is 4.81. The molecule has 0 saturated carbocycles. The lowest BCUT2D eigenvalue weighted by atomic mass is 9.98. The Bertz CT molecular complexity index is 907. The number of esters is 1. The van der Waals surface area contributed by atoms with Crippen LogP contribution in [-0.2, 0) is 22.1 Å². The lowest BCUT2D eigenvalue weighted by molar-refractivity contribution is -0.141. The maximum atomic E-state index is 13.2. The number of hydrogen-bond acceptors (Lipinski definition) is 4. The van der Waals surface area contributed by atoms with Gasteiger partial charge in [0.2, 0.25) is 0 Å². The first kappa shape index (κ1) is 18.7. The Morgan fingerprint density at radius 1 is 1.21 bits per heavy atom. The summed E-state index contributed by atoms with van der Waals surface area (Å²) in [5.41, 5.74) is 1.22. The molecule has 0 saturated heterocycles. The Morgan fingerprint density at radius 2 is 2.04 bits per heavy atom. The molecule has 1 heterocycles. The molecule has 148 valence electrons. The van der Waals surface area contributed by atoms with Gasteiger partial charge in [-0.25, -0.2) is 0 Å². The van der Waals surface area contributed by atoms with E-state index in [0.29, 0.717) is 42.1 Å². The van der Waals surface area contributed by atoms with Gasteiger partial charge in [0.1, 0.15) is 17.6 Å². The fourth-order valence-corrected chi connectivity index (χ4v) is 3.95. The lowest BCUT2D eigenvalue weighted by Crippen LogP contribution is -2.10. The van der Waals surface area contributed by atoms with Crippen LogP contribution in [0.15, 0.2) is 36.4 Å². The van der Waals surface area contributed by atoms with E-state index in [2.05, 4.69) is 0 Å². The van der Waals surface area contributed by atoms with Gasteiger partial charge in [-0.05, 0) is 36.1 Å². The standard InChI is InChI=1S/C21H19F3O4/c1-26-20(25)9-12-11-27-19-10-13(5-6-14(12)19)28-18-8-7-15-16(18)3-2-4-17(15)21(22,23)24/h2-6,10,12,18H,7-9,11H2,1H3. The molecule has 2 aromatic rings. The normalized spacial score (nSPS) is 20.3. The van der Waals surface area contributed by atoms with Crippen LogP contribution in [0.5, 0.6) is 11.5 Å². The average molecular weight is 392 g/mol. The van der Waals surface area contributed by atoms with Crippen LogP contribution < -0.4 is 9.47 Å². The molecule has 0 radical (unpaired) electrons. The minimum Gasteiger partial charge on any atom is -0.492 e. The predicted molar refractivity (Wildman–Crippen MR) is 94.4 cm³/mol. The number of alkyl halides is 3. The molecule has 0 N–H and O–H groups in total. The second kappa shape index (κ2) is 7.04. The van der Waals surface area contributed by atoms with E-state index < -0.39 is 17.8 Å². The highest BCUT2D eigenvalue weighted by molar-refractivity contribution is 5.71. The summed E-state index contributed by atoms with van der Waals surface area (Å²) in [7, 11) is 1.35. The zero-order chi connectivity index (χ0) is 19.9. The van der Waals surface area contributed by atoms with Crippen LogP contribution >= 0.6 is 0 Å². The summed E-state index contributed by atoms with van der Waals surface area (Å²) in [5, 5.41) is 0. The number of hydrogen-bond donors (Lipinski definition) is 0. The monoisotopic (exact) mass is 392 g/mol. The molecular weight excluding hydrogens is 373 g/mol. The molecule has 1 aliphatic heterocycles. The van der Waals surface area contributed by atoms with Crippen molar-refractivity contribution in [1.82, 2.24) is 0 Å². The van der Waals surface area contributed by atoms with E-state index in [1.807, 2.05) is 6.07 Å². The summed E-state index contributed by atoms with van der Waals surface area (Å²) in [6.45, 7) is 0.384. The number of halogens is 3. The van der Waals surface area contributed by atoms with Gasteiger partial charge < -0.3 is 14.2 Å². The number of rotatable bonds is 4. The minimum absolute atomic E-state index is 0.0712. The fraction of sp³-hybridized carbons (Fsp3) is 0.381. The molecule has 0 aromatic heterocycles. The van der Waals surface area contributed by atoms with Crippen LogP contribution in [0.1, 0.15) is 47.1 Å². The first-order chi connectivity index (χ1) is 13.4. The third kappa shape index (κ3) is 3.41. The third-order valence-electron chi connectivity index (χ3n) is 5.31. The molecule has 2 aliphatic rings. The van der Waals surface area contributed by atoms with Gasteiger partial charge in [-0.3, -0.25) is 4.79 Å². The summed E-state index contributed by atoms with van der Waals surface area (Å²) in [6.07, 6.45) is -3.73. The van der Waals surface area contributed by atoms with Gasteiger partial charge in [-0.1, -0.05) is 18.2 Å². The summed E-state index contributed by atoms with van der Waals surface area (Å²) >= 11 is 0. The highest BCUT2D eigenvalue weighted by Crippen LogP contribution is 2.44. The Balaban J connectivity index is 1.53. The molecule has 2 aromatic carbocycles. The second-order valence-electron chi connectivity index (χ2n) is 7.00. The molecule has 2 unspecified atom stereocenters. The lowest BCUT2D eigenvalue weighted by Gasteiger charge is -2.17. The number of carbonyl (C=O) groups excluding carboxylic acids is 1. The van der Waals surface area contributed by atoms with Gasteiger partial charge in [-0.2, -0.15) is 13.2 Å². The summed E-state index contributed by atoms with van der Waals surface area (Å²) in [5.74, 6) is 0.796. The van der Waals surface area contributed by atoms with Crippen molar-refractivity contribution in [3.63, 3.8) is 0 Å². The number of benzene rings is 2. The quantitative estimate of drug-likeness (QED) is 0.701. The Hall–Kier alpha value is -2.70. The Morgan fingerprint density at radius 3 is 2.79 bits per heavy atom. The number of methoxy groups -OCH3 is 1. The number of carbonyl (C=O) groups is 1. The van der Waals surface area contributed by atoms with E-state index >= 15 is 0 Å². The van der Waals surface area contributed by atoms with E-state index in [1.54, 1.807) is 18.2 Å². The molecule has 1 aliphatic carbocycles. The van der Waals surface area contributed by atoms with Crippen molar-refractivity contribution in [3.8, 4) is 11.5 Å². The van der Waals surface area contributed by atoms with Crippen LogP contribution in [-0.4, -0.2) is 19.7 Å². The fourth-order valence-electron chi connectivity index (χ4n) is 3.95. The second-order valence-corrected chi connectivity index (χ2v) is 7.00. The van der Waals surface area contributed by atoms with Crippen molar-refractivity contribution >= 4 is 5.97 Å². The largest absolute Gasteiger partial charge is 0.492 e. The van der Waals surface area contributed by atoms with Crippen LogP contribution in [0.25, 0.3) is 0 Å². The summed E-state index contributed by atoms with van der Waals surface area (Å²) in [6, 6.07) is 9.58. The van der Waals surface area contributed by atoms with Crippen LogP contribution in [0, 0.1) is 0 Å². The summed E-state index contributed by atoms with van der Waals surface area (Å²) < 4.78 is 56.0. The summed E-state index contributed by atoms with van der Waals surface area (Å²) in [4.78, 5) is 11.5. The van der Waals surface area contributed by atoms with Crippen molar-refractivity contribution in [2.75, 3.05) is 13.7 Å². The molecule has 0 spiro atoms. The maximum absolute atomic E-state index is 13.2. The maximum Gasteiger partial charge on any atom is 0.416 e. The van der Waals surface area contributed by atoms with E-state index in [-0.39, 0.29) is 18.3 Å². The van der Waals surface area contributed by atoms with Crippen molar-refractivity contribution in [1.29, 1.82) is 0 Å². The average Bonchev–Trinajstić information content (AvgIpc) is 3.25. The molecule has 0 fully saturated rings. The third-order valence-corrected chi connectivity index (χ3v) is 5.31. The molecule has 4 rings (SSSR count). The van der Waals surface area contributed by atoms with Gasteiger partial charge in [-0.15, -0.1) is 0 Å². The molecule has 4 nitrogen and oxygen atoms in total. The van der Waals surface area contributed by atoms with Crippen LogP contribution in [0.3, 0.4) is 0 Å². The van der Waals surface area contributed by atoms with E-state index in [0.717, 1.165) is 11.6 Å². The highest BCUT2D eigenvalue weighted by atomic mass is 19.4. The van der Waals surface area contributed by atoms with Crippen molar-refractivity contribution < 1.29 is 32.2 Å². The zero-order valence-corrected chi connectivity index (χ0v) is 15.2. The van der Waals surface area contributed by atoms with Crippen LogP contribution in [0.2, 0.25) is 0 Å². The van der Waals surface area contributed by atoms with Crippen molar-refractivity contribution in [2.45, 2.75) is 37.5 Å². The first-order valence-electron chi connectivity index (χ1n) is 9.06. The van der Waals surface area contributed by atoms with Crippen LogP contribution in [0.4, 0.5) is 13.2 Å². The van der Waals surface area contributed by atoms with E-state index in [4.69, 9.17) is 14.2 Å². The van der Waals surface area contributed by atoms with E-state index in [9.17, 15) is 18.0 Å². The number of ether oxygens (including phenoxy) is 3. The van der Waals surface area contributed by atoms with Crippen molar-refractivity contribution in [3.05, 3.63) is 58.7 Å². The van der Waals surface area contributed by atoms with Gasteiger partial charge in [0.15, 0.2) is 0 Å². The molecule has 28 heavy (non-hydrogen) atoms. The molecule has 0 bridgehead atoms. The van der Waals surface area contributed by atoms with E-state index in [1.165, 1.54) is 13.2 Å². The van der Waals surface area contributed by atoms with Gasteiger partial charge >= 0.3 is 12.1 Å². The first-order valence-corrected chi connectivity index (χ1v) is 9.06. The highest BCUT2D eigenvalue weighted by Gasteiger charge is 2.38. The smallest absolute Gasteiger partial charge is 0.416 e. The molecule has 7 heteroatoms. The Kier molecular flexibility index (Phi) is 4.69.